The SMILES string of the molecule is CNc1ccc2c(c1)sc1cc(SNC(C(=O)O)C(C)C)ccc12. The molecule has 0 spiro atoms. The average molecular weight is 361 g/mol. The molecule has 0 fully saturated rings. The van der Waals surface area contributed by atoms with Crippen molar-refractivity contribution in [1.29, 1.82) is 0 Å². The van der Waals surface area contributed by atoms with Crippen LogP contribution in [0, 0.1) is 5.92 Å². The molecule has 4 nitrogen and oxygen atoms in total. The van der Waals surface area contributed by atoms with Crippen LogP contribution in [0.15, 0.2) is 41.3 Å². The lowest BCUT2D eigenvalue weighted by Crippen LogP contribution is -2.36. The molecule has 0 amide bonds. The Kier molecular flexibility index (Phi) is 4.99. The van der Waals surface area contributed by atoms with Gasteiger partial charge in [0.2, 0.25) is 0 Å². The van der Waals surface area contributed by atoms with Crippen LogP contribution in [0.2, 0.25) is 0 Å². The fourth-order valence-corrected chi connectivity index (χ4v) is 4.79. The largest absolute Gasteiger partial charge is 0.480 e. The van der Waals surface area contributed by atoms with Crippen LogP contribution in [-0.2, 0) is 4.79 Å². The van der Waals surface area contributed by atoms with Crippen molar-refractivity contribution in [3.63, 3.8) is 0 Å². The van der Waals surface area contributed by atoms with Crippen molar-refractivity contribution in [2.24, 2.45) is 5.92 Å². The number of hydrogen-bond donors (Lipinski definition) is 3. The number of benzene rings is 2. The summed E-state index contributed by atoms with van der Waals surface area (Å²) in [7, 11) is 1.92. The molecule has 0 saturated heterocycles. The molecule has 6 heteroatoms. The van der Waals surface area contributed by atoms with Crippen molar-refractivity contribution in [2.75, 3.05) is 12.4 Å². The van der Waals surface area contributed by atoms with E-state index in [-0.39, 0.29) is 5.92 Å². The van der Waals surface area contributed by atoms with Crippen LogP contribution in [-0.4, -0.2) is 24.2 Å². The van der Waals surface area contributed by atoms with Crippen molar-refractivity contribution in [2.45, 2.75) is 24.8 Å². The topological polar surface area (TPSA) is 61.4 Å². The van der Waals surface area contributed by atoms with Gasteiger partial charge in [-0.25, -0.2) is 4.72 Å². The molecule has 24 heavy (non-hydrogen) atoms. The lowest BCUT2D eigenvalue weighted by Gasteiger charge is -2.16. The molecule has 1 unspecified atom stereocenters. The third kappa shape index (κ3) is 3.36. The smallest absolute Gasteiger partial charge is 0.321 e. The predicted octanol–water partition coefficient (Wildman–Crippen LogP) is 4.80. The van der Waals surface area contributed by atoms with Gasteiger partial charge in [-0.1, -0.05) is 26.0 Å². The molecule has 0 saturated carbocycles. The maximum absolute atomic E-state index is 11.3. The first-order chi connectivity index (χ1) is 11.5. The average Bonchev–Trinajstić information content (AvgIpc) is 2.90. The predicted molar refractivity (Wildman–Crippen MR) is 104 cm³/mol. The molecule has 0 bridgehead atoms. The highest BCUT2D eigenvalue weighted by molar-refractivity contribution is 7.97. The maximum Gasteiger partial charge on any atom is 0.321 e. The number of hydrogen-bond acceptors (Lipinski definition) is 5. The standard InChI is InChI=1S/C18H20N2O2S2/c1-10(2)17(18(21)22)20-24-12-5-7-14-13-6-4-11(19-3)8-15(13)23-16(14)9-12/h4-10,17,19-20H,1-3H3,(H,21,22). The van der Waals surface area contributed by atoms with E-state index in [1.807, 2.05) is 27.0 Å². The third-order valence-electron chi connectivity index (χ3n) is 3.97. The number of nitrogens with one attached hydrogen (secondary N) is 2. The van der Waals surface area contributed by atoms with Gasteiger partial charge in [0.1, 0.15) is 6.04 Å². The van der Waals surface area contributed by atoms with Gasteiger partial charge in [-0.15, -0.1) is 11.3 Å². The fraction of sp³-hybridized carbons (Fsp3) is 0.278. The Labute approximate surface area is 149 Å². The summed E-state index contributed by atoms with van der Waals surface area (Å²) in [6.07, 6.45) is 0. The number of thiophene rings is 1. The van der Waals surface area contributed by atoms with Crippen molar-refractivity contribution in [3.05, 3.63) is 36.4 Å². The maximum atomic E-state index is 11.3. The molecule has 1 atom stereocenters. The van der Waals surface area contributed by atoms with Crippen LogP contribution in [0.1, 0.15) is 13.8 Å². The molecule has 0 radical (unpaired) electrons. The van der Waals surface area contributed by atoms with Crippen LogP contribution in [0.25, 0.3) is 20.2 Å². The van der Waals surface area contributed by atoms with E-state index in [2.05, 4.69) is 40.4 Å². The molecule has 1 heterocycles. The summed E-state index contributed by atoms with van der Waals surface area (Å²) in [5.41, 5.74) is 1.10. The van der Waals surface area contributed by atoms with Crippen LogP contribution in [0.5, 0.6) is 0 Å². The van der Waals surface area contributed by atoms with Gasteiger partial charge in [0.25, 0.3) is 0 Å². The zero-order chi connectivity index (χ0) is 17.3. The first-order valence-electron chi connectivity index (χ1n) is 7.79. The Morgan fingerprint density at radius 1 is 1.12 bits per heavy atom. The number of rotatable bonds is 6. The summed E-state index contributed by atoms with van der Waals surface area (Å²) in [6.45, 7) is 3.81. The monoisotopic (exact) mass is 360 g/mol. The van der Waals surface area contributed by atoms with E-state index >= 15 is 0 Å². The van der Waals surface area contributed by atoms with Crippen molar-refractivity contribution >= 4 is 55.1 Å². The molecule has 3 rings (SSSR count). The van der Waals surface area contributed by atoms with Gasteiger partial charge in [-0.3, -0.25) is 4.79 Å². The minimum Gasteiger partial charge on any atom is -0.480 e. The fourth-order valence-electron chi connectivity index (χ4n) is 2.58. The van der Waals surface area contributed by atoms with E-state index < -0.39 is 12.0 Å². The molecule has 126 valence electrons. The first kappa shape index (κ1) is 17.1. The summed E-state index contributed by atoms with van der Waals surface area (Å²) in [4.78, 5) is 12.3. The Morgan fingerprint density at radius 3 is 2.42 bits per heavy atom. The Morgan fingerprint density at radius 2 is 1.79 bits per heavy atom. The minimum absolute atomic E-state index is 0.0306. The van der Waals surface area contributed by atoms with Gasteiger partial charge in [-0.2, -0.15) is 0 Å². The lowest BCUT2D eigenvalue weighted by molar-refractivity contribution is -0.139. The van der Waals surface area contributed by atoms with Gasteiger partial charge in [0.05, 0.1) is 0 Å². The second-order valence-electron chi connectivity index (χ2n) is 6.00. The molecule has 1 aromatic heterocycles. The van der Waals surface area contributed by atoms with Gasteiger partial charge in [-0.05, 0) is 42.1 Å². The second kappa shape index (κ2) is 7.01. The number of carboxylic acids is 1. The number of carbonyl (C=O) groups is 1. The third-order valence-corrected chi connectivity index (χ3v) is 5.95. The molecule has 0 aliphatic heterocycles. The Balaban J connectivity index is 1.88. The molecule has 0 aliphatic carbocycles. The van der Waals surface area contributed by atoms with E-state index in [0.717, 1.165) is 10.6 Å². The van der Waals surface area contributed by atoms with Crippen LogP contribution in [0.4, 0.5) is 5.69 Å². The number of aliphatic carboxylic acids is 1. The van der Waals surface area contributed by atoms with Crippen LogP contribution < -0.4 is 10.0 Å². The molecular formula is C18H20N2O2S2. The Bertz CT molecular complexity index is 889. The van der Waals surface area contributed by atoms with E-state index in [1.54, 1.807) is 11.3 Å². The molecule has 2 aromatic carbocycles. The van der Waals surface area contributed by atoms with Gasteiger partial charge < -0.3 is 10.4 Å². The Hall–Kier alpha value is -1.76. The number of carboxylic acid groups (broad SMARTS) is 1. The van der Waals surface area contributed by atoms with Crippen molar-refractivity contribution < 1.29 is 9.90 Å². The first-order valence-corrected chi connectivity index (χ1v) is 9.42. The van der Waals surface area contributed by atoms with Crippen LogP contribution in [0.3, 0.4) is 0 Å². The zero-order valence-electron chi connectivity index (χ0n) is 13.8. The van der Waals surface area contributed by atoms with E-state index in [0.29, 0.717) is 0 Å². The molecule has 3 N–H and O–H groups in total. The highest BCUT2D eigenvalue weighted by Crippen LogP contribution is 2.37. The summed E-state index contributed by atoms with van der Waals surface area (Å²) >= 11 is 3.14. The summed E-state index contributed by atoms with van der Waals surface area (Å²) < 4.78 is 5.52. The van der Waals surface area contributed by atoms with Crippen molar-refractivity contribution in [1.82, 2.24) is 4.72 Å². The normalized spacial score (nSPS) is 12.8. The summed E-state index contributed by atoms with van der Waals surface area (Å²) in [5, 5.41) is 14.9. The summed E-state index contributed by atoms with van der Waals surface area (Å²) in [6, 6.07) is 12.1. The highest BCUT2D eigenvalue weighted by Gasteiger charge is 2.21. The number of fused-ring (bicyclic) bond motifs is 3. The van der Waals surface area contributed by atoms with Crippen molar-refractivity contribution in [3.8, 4) is 0 Å². The zero-order valence-corrected chi connectivity index (χ0v) is 15.4. The summed E-state index contributed by atoms with van der Waals surface area (Å²) in [5.74, 6) is -0.789. The van der Waals surface area contributed by atoms with Gasteiger partial charge in [0.15, 0.2) is 0 Å². The number of anilines is 1. The van der Waals surface area contributed by atoms with E-state index in [4.69, 9.17) is 0 Å². The van der Waals surface area contributed by atoms with E-state index in [9.17, 15) is 9.90 Å². The van der Waals surface area contributed by atoms with Gasteiger partial charge >= 0.3 is 5.97 Å². The molecule has 0 aliphatic rings. The highest BCUT2D eigenvalue weighted by atomic mass is 32.2. The van der Waals surface area contributed by atoms with Gasteiger partial charge in [0, 0.05) is 37.8 Å². The quantitative estimate of drug-likeness (QED) is 0.551. The molecule has 3 aromatic rings. The van der Waals surface area contributed by atoms with E-state index in [1.165, 1.54) is 32.1 Å². The minimum atomic E-state index is -0.819. The second-order valence-corrected chi connectivity index (χ2v) is 8.00. The molecular weight excluding hydrogens is 340 g/mol. The van der Waals surface area contributed by atoms with Crippen LogP contribution >= 0.6 is 23.3 Å². The lowest BCUT2D eigenvalue weighted by atomic mass is 10.1.